The number of aliphatic hydroxyl groups excluding tert-OH is 3. The number of allylic oxidation sites excluding steroid dienone is 1. The van der Waals surface area contributed by atoms with E-state index >= 15 is 0 Å². The molecule has 1 saturated carbocycles. The third-order valence-electron chi connectivity index (χ3n) is 5.20. The van der Waals surface area contributed by atoms with Crippen molar-refractivity contribution < 1.29 is 20.1 Å². The second-order valence-electron chi connectivity index (χ2n) is 7.12. The molecular weight excluding hydrogens is 366 g/mol. The van der Waals surface area contributed by atoms with E-state index in [-0.39, 0.29) is 11.8 Å². The number of hydrazine groups is 1. The number of aromatic nitrogens is 4. The molecule has 0 aromatic carbocycles. The van der Waals surface area contributed by atoms with Gasteiger partial charge in [0, 0.05) is 6.20 Å². The standard InChI is InChI=1S/C17H25N7O4/c18-14-11-15(22-17(21-14)23-20-6-9-4-2-1-3-5-9)24(8-19-11)16-13(27)12(26)10(7-25)28-16/h6,8,10,12-13,16,20,25-27H,1-5,7H2,(H3,18,21,22,23)/t10-,12?,13+,16-/m1/s1. The van der Waals surface area contributed by atoms with Crippen LogP contribution in [0.2, 0.25) is 0 Å². The monoisotopic (exact) mass is 391 g/mol. The lowest BCUT2D eigenvalue weighted by Gasteiger charge is -2.17. The van der Waals surface area contributed by atoms with Gasteiger partial charge in [-0.2, -0.15) is 9.97 Å². The molecule has 4 rings (SSSR count). The van der Waals surface area contributed by atoms with Gasteiger partial charge in [-0.3, -0.25) is 9.99 Å². The Hall–Kier alpha value is -2.47. The van der Waals surface area contributed by atoms with Crippen molar-refractivity contribution in [2.45, 2.75) is 56.6 Å². The van der Waals surface area contributed by atoms with Gasteiger partial charge in [0.1, 0.15) is 23.8 Å². The lowest BCUT2D eigenvalue weighted by Crippen LogP contribution is -2.33. The van der Waals surface area contributed by atoms with E-state index in [0.717, 1.165) is 12.8 Å². The average Bonchev–Trinajstić information content (AvgIpc) is 3.24. The van der Waals surface area contributed by atoms with Crippen molar-refractivity contribution in [1.29, 1.82) is 0 Å². The molecule has 0 spiro atoms. The van der Waals surface area contributed by atoms with Crippen LogP contribution in [0.1, 0.15) is 38.3 Å². The van der Waals surface area contributed by atoms with E-state index in [1.54, 1.807) is 0 Å². The van der Waals surface area contributed by atoms with Gasteiger partial charge in [-0.15, -0.1) is 0 Å². The Kier molecular flexibility index (Phi) is 5.31. The summed E-state index contributed by atoms with van der Waals surface area (Å²) in [6.07, 6.45) is 4.87. The van der Waals surface area contributed by atoms with E-state index in [2.05, 4.69) is 25.8 Å². The van der Waals surface area contributed by atoms with Crippen LogP contribution in [0.4, 0.5) is 11.8 Å². The quantitative estimate of drug-likeness (QED) is 0.376. The molecule has 7 N–H and O–H groups in total. The van der Waals surface area contributed by atoms with Crippen LogP contribution in [-0.4, -0.2) is 59.8 Å². The largest absolute Gasteiger partial charge is 0.394 e. The molecule has 2 aliphatic rings. The predicted octanol–water partition coefficient (Wildman–Crippen LogP) is -0.216. The summed E-state index contributed by atoms with van der Waals surface area (Å²) >= 11 is 0. The SMILES string of the molecule is Nc1nc(NNC=C2CCCCC2)nc2c1ncn2[C@@H]1O[C@H](CO)C(O)[C@@H]1O. The number of imidazole rings is 1. The predicted molar refractivity (Wildman–Crippen MR) is 101 cm³/mol. The van der Waals surface area contributed by atoms with Crippen LogP contribution in [0.15, 0.2) is 18.1 Å². The lowest BCUT2D eigenvalue weighted by molar-refractivity contribution is -0.0511. The highest BCUT2D eigenvalue weighted by Gasteiger charge is 2.44. The lowest BCUT2D eigenvalue weighted by atomic mass is 9.96. The van der Waals surface area contributed by atoms with Gasteiger partial charge in [0.15, 0.2) is 17.7 Å². The van der Waals surface area contributed by atoms with Crippen molar-refractivity contribution in [2.24, 2.45) is 0 Å². The molecule has 2 aromatic heterocycles. The number of anilines is 2. The molecule has 0 bridgehead atoms. The van der Waals surface area contributed by atoms with E-state index in [1.807, 2.05) is 6.20 Å². The average molecular weight is 391 g/mol. The molecule has 1 aliphatic carbocycles. The zero-order valence-electron chi connectivity index (χ0n) is 15.3. The zero-order chi connectivity index (χ0) is 19.7. The van der Waals surface area contributed by atoms with Gasteiger partial charge in [0.2, 0.25) is 5.95 Å². The minimum Gasteiger partial charge on any atom is -0.394 e. The number of nitrogens with two attached hydrogens (primary N) is 1. The first-order valence-electron chi connectivity index (χ1n) is 9.40. The molecule has 0 radical (unpaired) electrons. The molecule has 1 unspecified atom stereocenters. The molecule has 152 valence electrons. The van der Waals surface area contributed by atoms with E-state index < -0.39 is 31.1 Å². The summed E-state index contributed by atoms with van der Waals surface area (Å²) in [7, 11) is 0. The second-order valence-corrected chi connectivity index (χ2v) is 7.12. The van der Waals surface area contributed by atoms with Gasteiger partial charge < -0.3 is 31.2 Å². The number of hydrogen-bond donors (Lipinski definition) is 6. The minimum atomic E-state index is -1.24. The van der Waals surface area contributed by atoms with Gasteiger partial charge in [-0.25, -0.2) is 4.98 Å². The van der Waals surface area contributed by atoms with E-state index in [0.29, 0.717) is 11.2 Å². The Labute approximate surface area is 161 Å². The second kappa shape index (κ2) is 7.87. The topological polar surface area (TPSA) is 164 Å². The Balaban J connectivity index is 1.56. The van der Waals surface area contributed by atoms with Crippen molar-refractivity contribution in [3.63, 3.8) is 0 Å². The number of ether oxygens (including phenoxy) is 1. The van der Waals surface area contributed by atoms with Crippen LogP contribution < -0.4 is 16.6 Å². The molecule has 11 nitrogen and oxygen atoms in total. The molecule has 0 amide bonds. The summed E-state index contributed by atoms with van der Waals surface area (Å²) in [5.74, 6) is 0.413. The third kappa shape index (κ3) is 3.49. The van der Waals surface area contributed by atoms with Gasteiger partial charge in [0.25, 0.3) is 0 Å². The van der Waals surface area contributed by atoms with Gasteiger partial charge in [0.05, 0.1) is 12.9 Å². The maximum atomic E-state index is 10.3. The first kappa shape index (κ1) is 18.9. The van der Waals surface area contributed by atoms with Crippen molar-refractivity contribution in [3.8, 4) is 0 Å². The molecule has 1 aliphatic heterocycles. The number of nitrogen functional groups attached to an aromatic ring is 1. The highest BCUT2D eigenvalue weighted by atomic mass is 16.6. The molecule has 11 heteroatoms. The van der Waals surface area contributed by atoms with Crippen LogP contribution in [0.3, 0.4) is 0 Å². The summed E-state index contributed by atoms with van der Waals surface area (Å²) in [4.78, 5) is 12.8. The Morgan fingerprint density at radius 1 is 1.21 bits per heavy atom. The van der Waals surface area contributed by atoms with Crippen molar-refractivity contribution in [2.75, 3.05) is 17.8 Å². The van der Waals surface area contributed by atoms with E-state index in [1.165, 1.54) is 35.7 Å². The van der Waals surface area contributed by atoms with Crippen LogP contribution in [0, 0.1) is 0 Å². The molecular formula is C17H25N7O4. The van der Waals surface area contributed by atoms with Gasteiger partial charge >= 0.3 is 0 Å². The summed E-state index contributed by atoms with van der Waals surface area (Å²) in [5, 5.41) is 29.5. The Bertz CT molecular complexity index is 863. The minimum absolute atomic E-state index is 0.171. The van der Waals surface area contributed by atoms with Crippen LogP contribution >= 0.6 is 0 Å². The van der Waals surface area contributed by atoms with E-state index in [4.69, 9.17) is 10.5 Å². The summed E-state index contributed by atoms with van der Waals surface area (Å²) in [6.45, 7) is -0.413. The number of rotatable bonds is 5. The number of fused-ring (bicyclic) bond motifs is 1. The summed E-state index contributed by atoms with van der Waals surface area (Å²) < 4.78 is 7.03. The first-order valence-corrected chi connectivity index (χ1v) is 9.40. The Morgan fingerprint density at radius 3 is 2.71 bits per heavy atom. The fourth-order valence-electron chi connectivity index (χ4n) is 3.64. The fraction of sp³-hybridized carbons (Fsp3) is 0.588. The van der Waals surface area contributed by atoms with Gasteiger partial charge in [-0.1, -0.05) is 12.0 Å². The molecule has 3 heterocycles. The molecule has 28 heavy (non-hydrogen) atoms. The van der Waals surface area contributed by atoms with Crippen LogP contribution in [0.5, 0.6) is 0 Å². The number of aliphatic hydroxyl groups is 3. The third-order valence-corrected chi connectivity index (χ3v) is 5.20. The highest BCUT2D eigenvalue weighted by molar-refractivity contribution is 5.82. The summed E-state index contributed by atoms with van der Waals surface area (Å²) in [6, 6.07) is 0. The van der Waals surface area contributed by atoms with Crippen LogP contribution in [-0.2, 0) is 4.74 Å². The molecule has 2 fully saturated rings. The highest BCUT2D eigenvalue weighted by Crippen LogP contribution is 2.32. The first-order chi connectivity index (χ1) is 13.6. The number of hydrogen-bond acceptors (Lipinski definition) is 10. The number of nitrogens with zero attached hydrogens (tertiary/aromatic N) is 4. The fourth-order valence-corrected chi connectivity index (χ4v) is 3.64. The Morgan fingerprint density at radius 2 is 2.00 bits per heavy atom. The molecule has 4 atom stereocenters. The molecule has 1 saturated heterocycles. The van der Waals surface area contributed by atoms with Gasteiger partial charge in [-0.05, 0) is 25.7 Å². The maximum Gasteiger partial charge on any atom is 0.245 e. The summed E-state index contributed by atoms with van der Waals surface area (Å²) in [5.41, 5.74) is 13.9. The smallest absolute Gasteiger partial charge is 0.245 e. The van der Waals surface area contributed by atoms with Crippen LogP contribution in [0.25, 0.3) is 11.2 Å². The van der Waals surface area contributed by atoms with Crippen molar-refractivity contribution in [1.82, 2.24) is 24.9 Å². The normalized spacial score (nSPS) is 27.9. The molecule has 2 aromatic rings. The van der Waals surface area contributed by atoms with E-state index in [9.17, 15) is 15.3 Å². The van der Waals surface area contributed by atoms with Crippen molar-refractivity contribution in [3.05, 3.63) is 18.1 Å². The zero-order valence-corrected chi connectivity index (χ0v) is 15.3. The maximum absolute atomic E-state index is 10.3. The van der Waals surface area contributed by atoms with Crippen molar-refractivity contribution >= 4 is 22.9 Å². The number of nitrogens with one attached hydrogen (secondary N) is 2.